The van der Waals surface area contributed by atoms with E-state index in [4.69, 9.17) is 5.26 Å². The Kier molecular flexibility index (Phi) is 2.59. The standard InChI is InChI=1S/C10H7N9/c11-4-6(10-15-18-19-16-10)5-12-7-2-1-3-8-9(7)14-17-13-8/h1-3,5,12H,(H,13,14,17)(H,15,16,18,19). The maximum Gasteiger partial charge on any atom is 0.216 e. The Morgan fingerprint density at radius 2 is 2.21 bits per heavy atom. The molecular formula is C10H7N9. The molecule has 3 aromatic rings. The van der Waals surface area contributed by atoms with E-state index in [1.807, 2.05) is 24.3 Å². The van der Waals surface area contributed by atoms with E-state index >= 15 is 0 Å². The Bertz CT molecular complexity index is 762. The molecular weight excluding hydrogens is 246 g/mol. The molecule has 1 aromatic carbocycles. The number of H-pyrrole nitrogens is 2. The van der Waals surface area contributed by atoms with Crippen molar-refractivity contribution in [3.05, 3.63) is 30.2 Å². The number of hydrogen-bond donors (Lipinski definition) is 3. The number of benzene rings is 1. The number of allylic oxidation sites excluding steroid dienone is 1. The first-order valence-electron chi connectivity index (χ1n) is 5.28. The molecule has 0 aliphatic carbocycles. The van der Waals surface area contributed by atoms with Gasteiger partial charge in [0.05, 0.1) is 5.69 Å². The van der Waals surface area contributed by atoms with Gasteiger partial charge in [0, 0.05) is 6.20 Å². The van der Waals surface area contributed by atoms with Crippen molar-refractivity contribution in [2.45, 2.75) is 0 Å². The Morgan fingerprint density at radius 3 is 3.00 bits per heavy atom. The van der Waals surface area contributed by atoms with E-state index < -0.39 is 0 Å². The van der Waals surface area contributed by atoms with Crippen LogP contribution in [0.5, 0.6) is 0 Å². The summed E-state index contributed by atoms with van der Waals surface area (Å²) in [7, 11) is 0. The zero-order chi connectivity index (χ0) is 13.1. The quantitative estimate of drug-likeness (QED) is 0.577. The number of aromatic amines is 2. The van der Waals surface area contributed by atoms with Crippen molar-refractivity contribution in [1.29, 1.82) is 5.26 Å². The zero-order valence-electron chi connectivity index (χ0n) is 9.49. The summed E-state index contributed by atoms with van der Waals surface area (Å²) in [5.74, 6) is 0.224. The Hall–Kier alpha value is -3.28. The second-order valence-electron chi connectivity index (χ2n) is 3.55. The van der Waals surface area contributed by atoms with Gasteiger partial charge in [-0.25, -0.2) is 0 Å². The number of anilines is 1. The lowest BCUT2D eigenvalue weighted by molar-refractivity contribution is 0.881. The Morgan fingerprint density at radius 1 is 1.26 bits per heavy atom. The number of aromatic nitrogens is 7. The largest absolute Gasteiger partial charge is 0.358 e. The summed E-state index contributed by atoms with van der Waals surface area (Å²) in [6.07, 6.45) is 1.49. The summed E-state index contributed by atoms with van der Waals surface area (Å²) in [6.45, 7) is 0. The molecule has 0 saturated carbocycles. The fraction of sp³-hybridized carbons (Fsp3) is 0. The molecule has 0 atom stereocenters. The van der Waals surface area contributed by atoms with Gasteiger partial charge in [0.15, 0.2) is 0 Å². The smallest absolute Gasteiger partial charge is 0.216 e. The molecule has 19 heavy (non-hydrogen) atoms. The highest BCUT2D eigenvalue weighted by molar-refractivity contribution is 5.88. The molecule has 3 rings (SSSR count). The molecule has 0 aliphatic rings. The van der Waals surface area contributed by atoms with Crippen LogP contribution in [0, 0.1) is 11.3 Å². The lowest BCUT2D eigenvalue weighted by Gasteiger charge is -2.00. The normalized spacial score (nSPS) is 11.4. The van der Waals surface area contributed by atoms with Crippen molar-refractivity contribution in [2.75, 3.05) is 5.32 Å². The average molecular weight is 253 g/mol. The Labute approximate surface area is 106 Å². The third-order valence-corrected chi connectivity index (χ3v) is 2.43. The predicted octanol–water partition coefficient (Wildman–Crippen LogP) is 0.448. The lowest BCUT2D eigenvalue weighted by Crippen LogP contribution is -1.93. The molecule has 0 unspecified atom stereocenters. The van der Waals surface area contributed by atoms with Crippen molar-refractivity contribution in [1.82, 2.24) is 36.0 Å². The molecule has 2 heterocycles. The maximum absolute atomic E-state index is 9.04. The van der Waals surface area contributed by atoms with Crippen LogP contribution < -0.4 is 5.32 Å². The van der Waals surface area contributed by atoms with Crippen molar-refractivity contribution in [3.8, 4) is 6.07 Å². The van der Waals surface area contributed by atoms with Crippen LogP contribution in [0.2, 0.25) is 0 Å². The van der Waals surface area contributed by atoms with E-state index in [1.165, 1.54) is 6.20 Å². The summed E-state index contributed by atoms with van der Waals surface area (Å²) in [4.78, 5) is 0. The van der Waals surface area contributed by atoms with Crippen LogP contribution in [0.1, 0.15) is 5.82 Å². The summed E-state index contributed by atoms with van der Waals surface area (Å²) in [6, 6.07) is 7.48. The number of nitrogens with zero attached hydrogens (tertiary/aromatic N) is 6. The van der Waals surface area contributed by atoms with Crippen molar-refractivity contribution in [3.63, 3.8) is 0 Å². The van der Waals surface area contributed by atoms with E-state index in [0.717, 1.165) is 11.2 Å². The number of nitrogens with one attached hydrogen (secondary N) is 3. The van der Waals surface area contributed by atoms with Crippen LogP contribution in [0.3, 0.4) is 0 Å². The number of fused-ring (bicyclic) bond motifs is 1. The number of nitriles is 1. The van der Waals surface area contributed by atoms with E-state index in [9.17, 15) is 0 Å². The van der Waals surface area contributed by atoms with Gasteiger partial charge in [-0.05, 0) is 17.3 Å². The first-order chi connectivity index (χ1) is 9.38. The molecule has 9 nitrogen and oxygen atoms in total. The fourth-order valence-electron chi connectivity index (χ4n) is 1.56. The van der Waals surface area contributed by atoms with E-state index in [-0.39, 0.29) is 11.4 Å². The molecule has 0 spiro atoms. The highest BCUT2D eigenvalue weighted by atomic mass is 15.5. The molecule has 9 heteroatoms. The Balaban J connectivity index is 1.93. The van der Waals surface area contributed by atoms with Crippen LogP contribution in [-0.4, -0.2) is 36.0 Å². The first-order valence-corrected chi connectivity index (χ1v) is 5.28. The second-order valence-corrected chi connectivity index (χ2v) is 3.55. The summed E-state index contributed by atoms with van der Waals surface area (Å²) in [5, 5.41) is 35.7. The molecule has 2 aromatic heterocycles. The third kappa shape index (κ3) is 1.98. The van der Waals surface area contributed by atoms with Gasteiger partial charge >= 0.3 is 0 Å². The van der Waals surface area contributed by atoms with Gasteiger partial charge in [-0.2, -0.15) is 25.9 Å². The van der Waals surface area contributed by atoms with Gasteiger partial charge in [-0.1, -0.05) is 6.07 Å². The van der Waals surface area contributed by atoms with Crippen LogP contribution in [0.4, 0.5) is 5.69 Å². The molecule has 0 amide bonds. The minimum absolute atomic E-state index is 0.224. The highest BCUT2D eigenvalue weighted by Gasteiger charge is 2.07. The molecule has 0 saturated heterocycles. The summed E-state index contributed by atoms with van der Waals surface area (Å²) < 4.78 is 0. The van der Waals surface area contributed by atoms with Crippen LogP contribution >= 0.6 is 0 Å². The van der Waals surface area contributed by atoms with Crippen LogP contribution in [0.25, 0.3) is 16.6 Å². The molecule has 92 valence electrons. The van der Waals surface area contributed by atoms with E-state index in [2.05, 4.69) is 41.4 Å². The van der Waals surface area contributed by atoms with Gasteiger partial charge in [0.2, 0.25) is 5.82 Å². The minimum Gasteiger partial charge on any atom is -0.358 e. The van der Waals surface area contributed by atoms with Gasteiger partial charge in [-0.15, -0.1) is 10.2 Å². The summed E-state index contributed by atoms with van der Waals surface area (Å²) >= 11 is 0. The molecule has 3 N–H and O–H groups in total. The van der Waals surface area contributed by atoms with E-state index in [0.29, 0.717) is 5.52 Å². The van der Waals surface area contributed by atoms with E-state index in [1.54, 1.807) is 0 Å². The second kappa shape index (κ2) is 4.53. The number of rotatable bonds is 3. The van der Waals surface area contributed by atoms with Gasteiger partial charge in [-0.3, -0.25) is 0 Å². The van der Waals surface area contributed by atoms with Gasteiger partial charge in [0.1, 0.15) is 22.7 Å². The lowest BCUT2D eigenvalue weighted by atomic mass is 10.2. The van der Waals surface area contributed by atoms with Crippen molar-refractivity contribution < 1.29 is 0 Å². The molecule has 0 bridgehead atoms. The third-order valence-electron chi connectivity index (χ3n) is 2.43. The predicted molar refractivity (Wildman–Crippen MR) is 65.3 cm³/mol. The monoisotopic (exact) mass is 253 g/mol. The fourth-order valence-corrected chi connectivity index (χ4v) is 1.56. The average Bonchev–Trinajstić information content (AvgIpc) is 3.10. The van der Waals surface area contributed by atoms with Crippen LogP contribution in [-0.2, 0) is 0 Å². The molecule has 0 fully saturated rings. The summed E-state index contributed by atoms with van der Waals surface area (Å²) in [5.41, 5.74) is 2.40. The van der Waals surface area contributed by atoms with Crippen molar-refractivity contribution in [2.24, 2.45) is 0 Å². The van der Waals surface area contributed by atoms with Crippen LogP contribution in [0.15, 0.2) is 24.4 Å². The SMILES string of the molecule is N#CC(=CNc1cccc2n[nH]nc12)c1nn[nH]n1. The van der Waals surface area contributed by atoms with Gasteiger partial charge < -0.3 is 5.32 Å². The topological polar surface area (TPSA) is 132 Å². The van der Waals surface area contributed by atoms with Crippen molar-refractivity contribution >= 4 is 22.3 Å². The highest BCUT2D eigenvalue weighted by Crippen LogP contribution is 2.19. The minimum atomic E-state index is 0.224. The molecule has 0 radical (unpaired) electrons. The number of para-hydroxylation sites is 1. The number of tetrazole rings is 1. The molecule has 0 aliphatic heterocycles. The number of hydrogen-bond acceptors (Lipinski definition) is 7. The zero-order valence-corrected chi connectivity index (χ0v) is 9.49. The maximum atomic E-state index is 9.04. The first kappa shape index (κ1) is 10.8. The van der Waals surface area contributed by atoms with Gasteiger partial charge in [0.25, 0.3) is 0 Å².